The lowest BCUT2D eigenvalue weighted by atomic mass is 9.80. The van der Waals surface area contributed by atoms with Crippen LogP contribution >= 0.6 is 24.0 Å². The molecule has 1 rings (SSSR count). The van der Waals surface area contributed by atoms with Crippen molar-refractivity contribution in [1.29, 1.82) is 0 Å². The number of halogens is 2. The van der Waals surface area contributed by atoms with Gasteiger partial charge in [-0.2, -0.15) is 0 Å². The van der Waals surface area contributed by atoms with Crippen molar-refractivity contribution < 1.29 is 19.4 Å². The van der Waals surface area contributed by atoms with E-state index in [1.54, 1.807) is 19.9 Å². The molecule has 5 nitrogen and oxygen atoms in total. The molecule has 0 aromatic heterocycles. The highest BCUT2D eigenvalue weighted by molar-refractivity contribution is 6.32. The molecule has 0 saturated carbocycles. The van der Waals surface area contributed by atoms with E-state index >= 15 is 0 Å². The second kappa shape index (κ2) is 7.02. The number of esters is 1. The predicted octanol–water partition coefficient (Wildman–Crippen LogP) is 2.68. The molecule has 1 aromatic carbocycles. The van der Waals surface area contributed by atoms with E-state index in [0.29, 0.717) is 5.75 Å². The summed E-state index contributed by atoms with van der Waals surface area (Å²) in [6.45, 7) is 3.26. The fourth-order valence-electron chi connectivity index (χ4n) is 1.79. The highest BCUT2D eigenvalue weighted by atomic mass is 35.5. The molecule has 1 aromatic rings. The number of nitrogens with two attached hydrogens (primary N) is 1. The van der Waals surface area contributed by atoms with Crippen LogP contribution in [0.25, 0.3) is 0 Å². The summed E-state index contributed by atoms with van der Waals surface area (Å²) in [6, 6.07) is 2.26. The van der Waals surface area contributed by atoms with Crippen molar-refractivity contribution in [2.75, 3.05) is 14.2 Å². The van der Waals surface area contributed by atoms with Gasteiger partial charge in [0.05, 0.1) is 36.3 Å². The van der Waals surface area contributed by atoms with Crippen molar-refractivity contribution in [3.8, 4) is 11.5 Å². The molecular weight excluding hydrogens is 305 g/mol. The molecule has 114 valence electrons. The molecule has 0 spiro atoms. The van der Waals surface area contributed by atoms with Crippen molar-refractivity contribution in [2.45, 2.75) is 19.9 Å². The van der Waals surface area contributed by atoms with E-state index in [0.717, 1.165) is 0 Å². The zero-order valence-corrected chi connectivity index (χ0v) is 13.3. The highest BCUT2D eigenvalue weighted by Gasteiger charge is 2.39. The second-order valence-corrected chi connectivity index (χ2v) is 5.11. The minimum atomic E-state index is -1.04. The average Bonchev–Trinajstić information content (AvgIpc) is 2.39. The first kappa shape index (κ1) is 18.8. The SMILES string of the molecule is COC(=O)C(C)(C)[C@H](N)c1c(OC)ccc(Cl)c1O.Cl. The number of rotatable bonds is 4. The van der Waals surface area contributed by atoms with Crippen molar-refractivity contribution in [1.82, 2.24) is 0 Å². The summed E-state index contributed by atoms with van der Waals surface area (Å²) in [6.07, 6.45) is 0. The first-order valence-electron chi connectivity index (χ1n) is 5.66. The van der Waals surface area contributed by atoms with Gasteiger partial charge in [0.15, 0.2) is 0 Å². The van der Waals surface area contributed by atoms with E-state index in [1.165, 1.54) is 20.3 Å². The van der Waals surface area contributed by atoms with E-state index in [9.17, 15) is 9.90 Å². The number of carbonyl (C=O) groups excluding carboxylic acids is 1. The second-order valence-electron chi connectivity index (χ2n) is 4.70. The summed E-state index contributed by atoms with van der Waals surface area (Å²) in [5.74, 6) is -0.307. The Kier molecular flexibility index (Phi) is 6.61. The number of aromatic hydroxyl groups is 1. The maximum Gasteiger partial charge on any atom is 0.313 e. The number of benzene rings is 1. The van der Waals surface area contributed by atoms with Crippen molar-refractivity contribution in [3.05, 3.63) is 22.7 Å². The van der Waals surface area contributed by atoms with Gasteiger partial charge < -0.3 is 20.3 Å². The van der Waals surface area contributed by atoms with Crippen molar-refractivity contribution >= 4 is 30.0 Å². The highest BCUT2D eigenvalue weighted by Crippen LogP contribution is 2.44. The van der Waals surface area contributed by atoms with E-state index in [-0.39, 0.29) is 28.7 Å². The van der Waals surface area contributed by atoms with Crippen LogP contribution in [0.1, 0.15) is 25.5 Å². The Morgan fingerprint density at radius 1 is 1.40 bits per heavy atom. The molecule has 0 fully saturated rings. The average molecular weight is 324 g/mol. The first-order chi connectivity index (χ1) is 8.77. The summed E-state index contributed by atoms with van der Waals surface area (Å²) in [7, 11) is 2.73. The lowest BCUT2D eigenvalue weighted by Crippen LogP contribution is -2.37. The molecular formula is C13H19Cl2NO4. The van der Waals surface area contributed by atoms with Gasteiger partial charge in [-0.05, 0) is 26.0 Å². The third kappa shape index (κ3) is 3.29. The third-order valence-corrected chi connectivity index (χ3v) is 3.45. The molecule has 0 aliphatic heterocycles. The van der Waals surface area contributed by atoms with E-state index in [2.05, 4.69) is 0 Å². The lowest BCUT2D eigenvalue weighted by molar-refractivity contribution is -0.152. The van der Waals surface area contributed by atoms with Gasteiger partial charge in [-0.3, -0.25) is 4.79 Å². The minimum absolute atomic E-state index is 0. The fourth-order valence-corrected chi connectivity index (χ4v) is 1.96. The molecule has 0 amide bonds. The monoisotopic (exact) mass is 323 g/mol. The Morgan fingerprint density at radius 2 is 1.95 bits per heavy atom. The zero-order chi connectivity index (χ0) is 14.8. The lowest BCUT2D eigenvalue weighted by Gasteiger charge is -2.30. The van der Waals surface area contributed by atoms with Crippen LogP contribution in [0.15, 0.2) is 12.1 Å². The molecule has 0 bridgehead atoms. The summed E-state index contributed by atoms with van der Waals surface area (Å²) in [5.41, 5.74) is 5.34. The molecule has 0 unspecified atom stereocenters. The molecule has 3 N–H and O–H groups in total. The minimum Gasteiger partial charge on any atom is -0.506 e. The van der Waals surface area contributed by atoms with Crippen LogP contribution in [0.4, 0.5) is 0 Å². The van der Waals surface area contributed by atoms with Gasteiger partial charge in [0, 0.05) is 0 Å². The standard InChI is InChI=1S/C13H18ClNO4.ClH/c1-13(2,12(17)19-4)11(15)9-8(18-3)6-5-7(14)10(9)16;/h5-6,11,16H,15H2,1-4H3;1H/t11-;/m1./s1. The van der Waals surface area contributed by atoms with Gasteiger partial charge in [0.25, 0.3) is 0 Å². The maximum atomic E-state index is 11.8. The fraction of sp³-hybridized carbons (Fsp3) is 0.462. The predicted molar refractivity (Wildman–Crippen MR) is 79.6 cm³/mol. The zero-order valence-electron chi connectivity index (χ0n) is 11.8. The molecule has 0 saturated heterocycles. The van der Waals surface area contributed by atoms with Crippen LogP contribution in [0.2, 0.25) is 5.02 Å². The Hall–Kier alpha value is -1.17. The van der Waals surface area contributed by atoms with Crippen LogP contribution < -0.4 is 10.5 Å². The van der Waals surface area contributed by atoms with Crippen LogP contribution in [-0.2, 0) is 9.53 Å². The number of hydrogen-bond acceptors (Lipinski definition) is 5. The first-order valence-corrected chi connectivity index (χ1v) is 6.04. The van der Waals surface area contributed by atoms with E-state index in [4.69, 9.17) is 26.8 Å². The van der Waals surface area contributed by atoms with Gasteiger partial charge in [-0.25, -0.2) is 0 Å². The van der Waals surface area contributed by atoms with Gasteiger partial charge in [-0.15, -0.1) is 12.4 Å². The topological polar surface area (TPSA) is 81.8 Å². The summed E-state index contributed by atoms with van der Waals surface area (Å²) >= 11 is 5.87. The number of phenols is 1. The number of methoxy groups -OCH3 is 2. The normalized spacial score (nSPS) is 12.3. The van der Waals surface area contributed by atoms with E-state index in [1.807, 2.05) is 0 Å². The summed E-state index contributed by atoms with van der Waals surface area (Å²) < 4.78 is 9.89. The summed E-state index contributed by atoms with van der Waals surface area (Å²) in [5, 5.41) is 10.2. The Balaban J connectivity index is 0.00000361. The molecule has 0 radical (unpaired) electrons. The number of ether oxygens (including phenoxy) is 2. The Bertz CT molecular complexity index is 492. The number of carbonyl (C=O) groups is 1. The van der Waals surface area contributed by atoms with Crippen LogP contribution in [0.3, 0.4) is 0 Å². The molecule has 0 aliphatic carbocycles. The molecule has 0 aliphatic rings. The summed E-state index contributed by atoms with van der Waals surface area (Å²) in [4.78, 5) is 11.8. The van der Waals surface area contributed by atoms with Gasteiger partial charge >= 0.3 is 5.97 Å². The quantitative estimate of drug-likeness (QED) is 0.832. The molecule has 20 heavy (non-hydrogen) atoms. The third-order valence-electron chi connectivity index (χ3n) is 3.15. The number of hydrogen-bond donors (Lipinski definition) is 2. The molecule has 1 atom stereocenters. The van der Waals surface area contributed by atoms with Crippen LogP contribution in [0.5, 0.6) is 11.5 Å². The van der Waals surface area contributed by atoms with Crippen molar-refractivity contribution in [3.63, 3.8) is 0 Å². The van der Waals surface area contributed by atoms with E-state index < -0.39 is 17.4 Å². The van der Waals surface area contributed by atoms with Gasteiger partial charge in [-0.1, -0.05) is 11.6 Å². The van der Waals surface area contributed by atoms with Crippen molar-refractivity contribution in [2.24, 2.45) is 11.1 Å². The smallest absolute Gasteiger partial charge is 0.313 e. The van der Waals surface area contributed by atoms with Gasteiger partial charge in [0.2, 0.25) is 0 Å². The Labute approximate surface area is 129 Å². The van der Waals surface area contributed by atoms with Crippen LogP contribution in [0, 0.1) is 5.41 Å². The Morgan fingerprint density at radius 3 is 2.40 bits per heavy atom. The maximum absolute atomic E-state index is 11.8. The molecule has 0 heterocycles. The number of phenolic OH excluding ortho intramolecular Hbond substituents is 1. The largest absolute Gasteiger partial charge is 0.506 e. The molecule has 7 heteroatoms. The van der Waals surface area contributed by atoms with Gasteiger partial charge in [0.1, 0.15) is 11.5 Å². The van der Waals surface area contributed by atoms with Crippen LogP contribution in [-0.4, -0.2) is 25.3 Å².